The number of carbonyl (C=O) groups excluding carboxylic acids is 3. The van der Waals surface area contributed by atoms with Gasteiger partial charge in [-0.25, -0.2) is 4.79 Å². The number of allylic oxidation sites excluding steroid dienone is 1. The van der Waals surface area contributed by atoms with Crippen molar-refractivity contribution in [2.45, 2.75) is 81.2 Å². The molecule has 12 nitrogen and oxygen atoms in total. The highest BCUT2D eigenvalue weighted by atomic mass is 32.2. The van der Waals surface area contributed by atoms with E-state index in [0.29, 0.717) is 51.9 Å². The standard InChI is InChI=1S/C47H60BN3O9S/c1-8-28-19-29-23-46(42(54)58-6,38-32(26-50(24-28)25-29)31-20-30(61-18-17-52)11-12-35(31)48-38)34-21-33-36(22-37(34)57-5)49(4)40-45(33)14-16-51-15-10-13-44(9-2,39(45)51)41(60-27(3)53)47(40,56)43(55)59-7/h10-13,19-22,29,34,37,39-41,48,52,56H,8-9,14-18,23-26H2,1-7H3/t29-,34?,37?,39+,40-,41-,44-,45-,46+,47+/m1/s1. The molecule has 61 heavy (non-hydrogen) atoms. The van der Waals surface area contributed by atoms with Crippen LogP contribution in [0.15, 0.2) is 75.8 Å². The molecule has 0 aromatic heterocycles. The number of nitrogens with zero attached hydrogens (tertiary/aromatic N) is 3. The molecule has 3 fully saturated rings. The van der Waals surface area contributed by atoms with Crippen LogP contribution in [-0.2, 0) is 33.3 Å². The molecule has 1 spiro atoms. The summed E-state index contributed by atoms with van der Waals surface area (Å²) in [5.74, 6) is -1.60. The van der Waals surface area contributed by atoms with E-state index < -0.39 is 58.0 Å². The topological polar surface area (TPSA) is 138 Å². The first-order valence-corrected chi connectivity index (χ1v) is 23.0. The van der Waals surface area contributed by atoms with Gasteiger partial charge in [0.05, 0.1) is 38.4 Å². The van der Waals surface area contributed by atoms with Crippen LogP contribution >= 0.6 is 11.8 Å². The Morgan fingerprint density at radius 3 is 2.51 bits per heavy atom. The van der Waals surface area contributed by atoms with E-state index >= 15 is 4.79 Å². The number of hydrogen-bond donors (Lipinski definition) is 2. The number of thioether (sulfide) groups is 1. The maximum absolute atomic E-state index is 15.4. The molecule has 0 amide bonds. The van der Waals surface area contributed by atoms with Crippen LogP contribution < -0.4 is 5.46 Å². The van der Waals surface area contributed by atoms with Crippen LogP contribution in [-0.4, -0.2) is 153 Å². The highest BCUT2D eigenvalue weighted by Crippen LogP contribution is 2.70. The number of likely N-dealkylation sites (N-methyl/N-ethyl adjacent to an activating group) is 1. The van der Waals surface area contributed by atoms with Gasteiger partial charge in [0.15, 0.2) is 13.4 Å². The number of rotatable bonds is 10. The van der Waals surface area contributed by atoms with Gasteiger partial charge in [0.2, 0.25) is 5.60 Å². The summed E-state index contributed by atoms with van der Waals surface area (Å²) >= 11 is 1.63. The Kier molecular flexibility index (Phi) is 10.9. The molecule has 14 heteroatoms. The predicted molar refractivity (Wildman–Crippen MR) is 234 cm³/mol. The van der Waals surface area contributed by atoms with E-state index in [1.165, 1.54) is 32.2 Å². The molecule has 1 aromatic rings. The lowest BCUT2D eigenvalue weighted by Crippen LogP contribution is -2.79. The van der Waals surface area contributed by atoms with Crippen LogP contribution in [0.3, 0.4) is 0 Å². The van der Waals surface area contributed by atoms with E-state index in [9.17, 15) is 19.8 Å². The number of carbonyl (C=O) groups is 3. The molecular formula is C47H60BN3O9S. The second-order valence-corrected chi connectivity index (χ2v) is 19.7. The summed E-state index contributed by atoms with van der Waals surface area (Å²) in [4.78, 5) is 50.9. The van der Waals surface area contributed by atoms with Crippen LogP contribution in [0.5, 0.6) is 0 Å². The maximum atomic E-state index is 15.4. The molecule has 6 heterocycles. The zero-order valence-corrected chi connectivity index (χ0v) is 37.4. The number of ether oxygens (including phenoxy) is 4. The van der Waals surface area contributed by atoms with Crippen LogP contribution in [0.1, 0.15) is 52.0 Å². The lowest BCUT2D eigenvalue weighted by atomic mass is 9.46. The SMILES string of the molecule is CCC1=C[C@H]2CN(C1)CC1=C(Bc3ccc(SCCO)cc31)[C@@](C(=O)OC)(C1C=C3C(=CC1OC)N(C)[C@H]1[C@@](O)(C(=O)OC)[C@H](OC(C)=O)[C@]4(CC)C=CCN5CC[C@]31[C@@H]54)C2. The molecule has 1 aromatic carbocycles. The zero-order chi connectivity index (χ0) is 43.2. The quantitative estimate of drug-likeness (QED) is 0.118. The largest absolute Gasteiger partial charge is 0.468 e. The Morgan fingerprint density at radius 1 is 1.03 bits per heavy atom. The molecule has 8 aliphatic rings. The molecule has 3 unspecified atom stereocenters. The minimum atomic E-state index is -2.27. The van der Waals surface area contributed by atoms with Crippen molar-refractivity contribution < 1.29 is 43.5 Å². The van der Waals surface area contributed by atoms with Crippen molar-refractivity contribution >= 4 is 48.0 Å². The van der Waals surface area contributed by atoms with Crippen molar-refractivity contribution in [1.82, 2.24) is 14.7 Å². The monoisotopic (exact) mass is 853 g/mol. The third-order valence-corrected chi connectivity index (χ3v) is 16.9. The Balaban J connectivity index is 1.31. The number of esters is 3. The third-order valence-electron chi connectivity index (χ3n) is 15.9. The van der Waals surface area contributed by atoms with Crippen molar-refractivity contribution in [3.8, 4) is 0 Å². The highest BCUT2D eigenvalue weighted by molar-refractivity contribution is 7.99. The summed E-state index contributed by atoms with van der Waals surface area (Å²) in [7, 11) is 6.96. The molecule has 6 aliphatic heterocycles. The summed E-state index contributed by atoms with van der Waals surface area (Å²) in [5, 5.41) is 23.1. The van der Waals surface area contributed by atoms with E-state index in [-0.39, 0.29) is 24.5 Å². The molecule has 0 radical (unpaired) electrons. The molecule has 9 rings (SSSR count). The highest BCUT2D eigenvalue weighted by Gasteiger charge is 2.81. The summed E-state index contributed by atoms with van der Waals surface area (Å²) in [6.07, 6.45) is 11.7. The van der Waals surface area contributed by atoms with Crippen molar-refractivity contribution in [3.63, 3.8) is 0 Å². The van der Waals surface area contributed by atoms with E-state index in [0.717, 1.165) is 52.3 Å². The third kappa shape index (κ3) is 5.87. The molecular weight excluding hydrogens is 793 g/mol. The summed E-state index contributed by atoms with van der Waals surface area (Å²) in [6, 6.07) is 5.41. The lowest BCUT2D eigenvalue weighted by molar-refractivity contribution is -0.243. The number of fused-ring (bicyclic) bond motifs is 5. The fraction of sp³-hybridized carbons (Fsp3) is 0.596. The van der Waals surface area contributed by atoms with Gasteiger partial charge >= 0.3 is 17.9 Å². The van der Waals surface area contributed by atoms with Crippen molar-refractivity contribution in [2.75, 3.05) is 73.5 Å². The fourth-order valence-corrected chi connectivity index (χ4v) is 14.6. The van der Waals surface area contributed by atoms with E-state index in [1.807, 2.05) is 18.9 Å². The first-order valence-electron chi connectivity index (χ1n) is 22.0. The number of aliphatic hydroxyl groups is 2. The van der Waals surface area contributed by atoms with Crippen LogP contribution in [0, 0.1) is 28.1 Å². The number of benzene rings is 1. The average molecular weight is 854 g/mol. The van der Waals surface area contributed by atoms with Gasteiger partial charge < -0.3 is 34.1 Å². The maximum Gasteiger partial charge on any atom is 0.344 e. The second-order valence-electron chi connectivity index (χ2n) is 18.5. The van der Waals surface area contributed by atoms with Gasteiger partial charge in [0.25, 0.3) is 0 Å². The zero-order valence-electron chi connectivity index (χ0n) is 36.6. The fourth-order valence-electron chi connectivity index (χ4n) is 13.9. The number of aliphatic hydroxyl groups excluding tert-OH is 1. The average Bonchev–Trinajstić information content (AvgIpc) is 3.91. The van der Waals surface area contributed by atoms with Crippen LogP contribution in [0.4, 0.5) is 0 Å². The lowest BCUT2D eigenvalue weighted by Gasteiger charge is -2.63. The molecule has 2 N–H and O–H groups in total. The van der Waals surface area contributed by atoms with Crippen molar-refractivity contribution in [1.29, 1.82) is 0 Å². The van der Waals surface area contributed by atoms with Crippen LogP contribution in [0.2, 0.25) is 0 Å². The van der Waals surface area contributed by atoms with E-state index in [4.69, 9.17) is 18.9 Å². The Morgan fingerprint density at radius 2 is 1.82 bits per heavy atom. The van der Waals surface area contributed by atoms with Gasteiger partial charge in [-0.3, -0.25) is 19.4 Å². The van der Waals surface area contributed by atoms with Gasteiger partial charge in [-0.05, 0) is 73.1 Å². The second kappa shape index (κ2) is 15.6. The van der Waals surface area contributed by atoms with Gasteiger partial charge in [-0.1, -0.05) is 60.7 Å². The van der Waals surface area contributed by atoms with E-state index in [2.05, 4.69) is 65.3 Å². The Bertz CT molecular complexity index is 2190. The van der Waals surface area contributed by atoms with Gasteiger partial charge in [0.1, 0.15) is 0 Å². The normalized spacial score (nSPS) is 38.0. The molecule has 2 aliphatic carbocycles. The summed E-state index contributed by atoms with van der Waals surface area (Å²) in [6.45, 7) is 9.38. The Labute approximate surface area is 364 Å². The van der Waals surface area contributed by atoms with Gasteiger partial charge in [0, 0.05) is 86.4 Å². The minimum absolute atomic E-state index is 0.0662. The summed E-state index contributed by atoms with van der Waals surface area (Å²) in [5.41, 5.74) is 2.47. The molecule has 326 valence electrons. The predicted octanol–water partition coefficient (Wildman–Crippen LogP) is 3.03. The minimum Gasteiger partial charge on any atom is -0.468 e. The van der Waals surface area contributed by atoms with Crippen molar-refractivity contribution in [3.05, 3.63) is 76.5 Å². The number of methoxy groups -OCH3 is 3. The molecule has 11 atom stereocenters. The smallest absolute Gasteiger partial charge is 0.344 e. The Hall–Kier alpha value is -3.66. The number of hydrogen-bond acceptors (Lipinski definition) is 13. The van der Waals surface area contributed by atoms with Gasteiger partial charge in [-0.2, -0.15) is 0 Å². The molecule has 2 saturated heterocycles. The number of likely N-dealkylation sites (tertiary alicyclic amines) is 1. The first kappa shape index (κ1) is 42.6. The molecule has 2 bridgehead atoms. The van der Waals surface area contributed by atoms with E-state index in [1.54, 1.807) is 18.9 Å². The van der Waals surface area contributed by atoms with Crippen LogP contribution in [0.25, 0.3) is 5.57 Å². The molecule has 1 saturated carbocycles. The first-order chi connectivity index (χ1) is 29.3. The van der Waals surface area contributed by atoms with Crippen molar-refractivity contribution in [2.24, 2.45) is 28.1 Å². The van der Waals surface area contributed by atoms with Gasteiger partial charge in [-0.15, -0.1) is 11.8 Å². The summed E-state index contributed by atoms with van der Waals surface area (Å²) < 4.78 is 24.3.